The number of rotatable bonds is 2. The Morgan fingerprint density at radius 2 is 2.11 bits per heavy atom. The Morgan fingerprint density at radius 3 is 2.68 bits per heavy atom. The van der Waals surface area contributed by atoms with Crippen LogP contribution in [-0.2, 0) is 4.79 Å². The third kappa shape index (κ3) is 2.95. The van der Waals surface area contributed by atoms with Crippen LogP contribution in [0.4, 0.5) is 0 Å². The molecule has 102 valence electrons. The Morgan fingerprint density at radius 1 is 1.37 bits per heavy atom. The van der Waals surface area contributed by atoms with E-state index < -0.39 is 5.97 Å². The number of carbonyl (C=O) groups is 2. The number of carboxylic acid groups (broad SMARTS) is 1. The Kier molecular flexibility index (Phi) is 3.88. The predicted molar refractivity (Wildman–Crippen MR) is 72.0 cm³/mol. The Hall–Kier alpha value is -1.84. The van der Waals surface area contributed by atoms with Gasteiger partial charge in [0.1, 0.15) is 0 Å². The highest BCUT2D eigenvalue weighted by Crippen LogP contribution is 2.24. The summed E-state index contributed by atoms with van der Waals surface area (Å²) in [5.41, 5.74) is 1.74. The summed E-state index contributed by atoms with van der Waals surface area (Å²) in [6.45, 7) is 4.89. The van der Waals surface area contributed by atoms with E-state index in [0.29, 0.717) is 25.1 Å². The second-order valence-corrected chi connectivity index (χ2v) is 5.33. The van der Waals surface area contributed by atoms with Crippen LogP contribution in [0.5, 0.6) is 0 Å². The van der Waals surface area contributed by atoms with Crippen LogP contribution in [0.25, 0.3) is 0 Å². The molecule has 19 heavy (non-hydrogen) atoms. The molecular weight excluding hydrogens is 242 g/mol. The largest absolute Gasteiger partial charge is 0.481 e. The molecule has 1 N–H and O–H groups in total. The number of hydrogen-bond acceptors (Lipinski definition) is 2. The molecule has 0 aromatic heterocycles. The minimum absolute atomic E-state index is 0.00000850. The van der Waals surface area contributed by atoms with Gasteiger partial charge in [-0.25, -0.2) is 0 Å². The lowest BCUT2D eigenvalue weighted by Crippen LogP contribution is -2.45. The van der Waals surface area contributed by atoms with Crippen molar-refractivity contribution in [2.24, 2.45) is 11.8 Å². The highest BCUT2D eigenvalue weighted by atomic mass is 16.4. The lowest BCUT2D eigenvalue weighted by molar-refractivity contribution is -0.145. The fourth-order valence-corrected chi connectivity index (χ4v) is 2.66. The smallest absolute Gasteiger partial charge is 0.306 e. The average Bonchev–Trinajstić information content (AvgIpc) is 2.37. The van der Waals surface area contributed by atoms with E-state index in [1.807, 2.05) is 38.1 Å². The number of benzene rings is 1. The fraction of sp³-hybridized carbons (Fsp3) is 0.467. The summed E-state index contributed by atoms with van der Waals surface area (Å²) in [7, 11) is 0. The fourth-order valence-electron chi connectivity index (χ4n) is 2.66. The number of carboxylic acids is 1. The van der Waals surface area contributed by atoms with Gasteiger partial charge in [-0.2, -0.15) is 0 Å². The van der Waals surface area contributed by atoms with Crippen LogP contribution in [0.15, 0.2) is 24.3 Å². The van der Waals surface area contributed by atoms with E-state index in [1.54, 1.807) is 4.90 Å². The molecule has 2 unspecified atom stereocenters. The van der Waals surface area contributed by atoms with Gasteiger partial charge < -0.3 is 10.0 Å². The number of aryl methyl sites for hydroxylation is 1. The molecule has 1 amide bonds. The van der Waals surface area contributed by atoms with E-state index in [0.717, 1.165) is 5.56 Å². The van der Waals surface area contributed by atoms with Gasteiger partial charge in [0, 0.05) is 18.7 Å². The van der Waals surface area contributed by atoms with Gasteiger partial charge >= 0.3 is 5.97 Å². The topological polar surface area (TPSA) is 57.6 Å². The normalized spacial score (nSPS) is 23.2. The lowest BCUT2D eigenvalue weighted by Gasteiger charge is -2.35. The molecule has 1 fully saturated rings. The van der Waals surface area contributed by atoms with Gasteiger partial charge in [0.25, 0.3) is 5.91 Å². The zero-order valence-corrected chi connectivity index (χ0v) is 11.3. The maximum Gasteiger partial charge on any atom is 0.306 e. The van der Waals surface area contributed by atoms with Crippen LogP contribution in [0.1, 0.15) is 29.3 Å². The van der Waals surface area contributed by atoms with Crippen molar-refractivity contribution in [1.82, 2.24) is 4.90 Å². The molecule has 0 radical (unpaired) electrons. The number of carbonyl (C=O) groups excluding carboxylic acids is 1. The summed E-state index contributed by atoms with van der Waals surface area (Å²) in [5, 5.41) is 9.08. The molecule has 0 bridgehead atoms. The molecule has 2 atom stereocenters. The first-order valence-electron chi connectivity index (χ1n) is 6.58. The van der Waals surface area contributed by atoms with Crippen molar-refractivity contribution in [2.75, 3.05) is 13.1 Å². The van der Waals surface area contributed by atoms with E-state index in [-0.39, 0.29) is 17.7 Å². The first-order valence-corrected chi connectivity index (χ1v) is 6.58. The van der Waals surface area contributed by atoms with Crippen LogP contribution < -0.4 is 0 Å². The van der Waals surface area contributed by atoms with Gasteiger partial charge in [0.2, 0.25) is 0 Å². The van der Waals surface area contributed by atoms with Crippen LogP contribution in [0.2, 0.25) is 0 Å². The number of nitrogens with zero attached hydrogens (tertiary/aromatic N) is 1. The summed E-state index contributed by atoms with van der Waals surface area (Å²) in [6, 6.07) is 7.51. The third-order valence-electron chi connectivity index (χ3n) is 3.77. The van der Waals surface area contributed by atoms with Crippen LogP contribution in [0.3, 0.4) is 0 Å². The molecule has 4 nitrogen and oxygen atoms in total. The van der Waals surface area contributed by atoms with Crippen LogP contribution in [0, 0.1) is 18.8 Å². The Bertz CT molecular complexity index is 498. The van der Waals surface area contributed by atoms with E-state index >= 15 is 0 Å². The lowest BCUT2D eigenvalue weighted by atomic mass is 9.87. The monoisotopic (exact) mass is 261 g/mol. The summed E-state index contributed by atoms with van der Waals surface area (Å²) in [6.07, 6.45) is 0.536. The Balaban J connectivity index is 2.08. The first kappa shape index (κ1) is 13.6. The molecule has 1 aromatic carbocycles. The molecule has 0 spiro atoms. The van der Waals surface area contributed by atoms with E-state index in [1.165, 1.54) is 0 Å². The van der Waals surface area contributed by atoms with Crippen LogP contribution >= 0.6 is 0 Å². The maximum atomic E-state index is 12.4. The molecule has 0 aliphatic carbocycles. The summed E-state index contributed by atoms with van der Waals surface area (Å²) in [4.78, 5) is 25.2. The van der Waals surface area contributed by atoms with Crippen molar-refractivity contribution in [3.63, 3.8) is 0 Å². The molecular formula is C15H19NO3. The van der Waals surface area contributed by atoms with Gasteiger partial charge in [-0.3, -0.25) is 9.59 Å². The van der Waals surface area contributed by atoms with Gasteiger partial charge in [0.05, 0.1) is 5.92 Å². The predicted octanol–water partition coefficient (Wildman–Crippen LogP) is 2.18. The molecule has 1 aliphatic heterocycles. The van der Waals surface area contributed by atoms with Gasteiger partial charge in [-0.1, -0.05) is 24.6 Å². The quantitative estimate of drug-likeness (QED) is 0.887. The van der Waals surface area contributed by atoms with Crippen molar-refractivity contribution in [1.29, 1.82) is 0 Å². The minimum atomic E-state index is -0.754. The molecule has 1 saturated heterocycles. The number of piperidine rings is 1. The van der Waals surface area contributed by atoms with E-state index in [2.05, 4.69) is 0 Å². The zero-order valence-electron chi connectivity index (χ0n) is 11.3. The minimum Gasteiger partial charge on any atom is -0.481 e. The number of hydrogen-bond donors (Lipinski definition) is 1. The SMILES string of the molecule is Cc1cccc(C(=O)N2CCC(C(=O)O)C(C)C2)c1. The zero-order chi connectivity index (χ0) is 14.0. The van der Waals surface area contributed by atoms with E-state index in [4.69, 9.17) is 5.11 Å². The Labute approximate surface area is 113 Å². The van der Waals surface area contributed by atoms with Crippen molar-refractivity contribution in [2.45, 2.75) is 20.3 Å². The molecule has 1 aromatic rings. The summed E-state index contributed by atoms with van der Waals surface area (Å²) < 4.78 is 0. The van der Waals surface area contributed by atoms with Gasteiger partial charge in [-0.05, 0) is 31.4 Å². The van der Waals surface area contributed by atoms with Crippen molar-refractivity contribution in [3.05, 3.63) is 35.4 Å². The molecule has 2 rings (SSSR count). The molecule has 1 aliphatic rings. The number of amides is 1. The van der Waals surface area contributed by atoms with Crippen molar-refractivity contribution < 1.29 is 14.7 Å². The summed E-state index contributed by atoms with van der Waals surface area (Å²) in [5.74, 6) is -1.09. The first-order chi connectivity index (χ1) is 8.99. The number of aliphatic carboxylic acids is 1. The average molecular weight is 261 g/mol. The maximum absolute atomic E-state index is 12.4. The van der Waals surface area contributed by atoms with Gasteiger partial charge in [-0.15, -0.1) is 0 Å². The van der Waals surface area contributed by atoms with Gasteiger partial charge in [0.15, 0.2) is 0 Å². The van der Waals surface area contributed by atoms with Crippen LogP contribution in [-0.4, -0.2) is 35.0 Å². The third-order valence-corrected chi connectivity index (χ3v) is 3.77. The highest BCUT2D eigenvalue weighted by Gasteiger charge is 2.33. The number of likely N-dealkylation sites (tertiary alicyclic amines) is 1. The second kappa shape index (κ2) is 5.43. The van der Waals surface area contributed by atoms with E-state index in [9.17, 15) is 9.59 Å². The van der Waals surface area contributed by atoms with Crippen molar-refractivity contribution >= 4 is 11.9 Å². The standard InChI is InChI=1S/C15H19NO3/c1-10-4-3-5-12(8-10)14(17)16-7-6-13(15(18)19)11(2)9-16/h3-5,8,11,13H,6-7,9H2,1-2H3,(H,18,19). The molecule has 1 heterocycles. The summed E-state index contributed by atoms with van der Waals surface area (Å²) >= 11 is 0. The highest BCUT2D eigenvalue weighted by molar-refractivity contribution is 5.94. The van der Waals surface area contributed by atoms with Crippen molar-refractivity contribution in [3.8, 4) is 0 Å². The second-order valence-electron chi connectivity index (χ2n) is 5.33. The molecule has 4 heteroatoms. The molecule has 0 saturated carbocycles.